The van der Waals surface area contributed by atoms with Gasteiger partial charge in [-0.15, -0.1) is 0 Å². The van der Waals surface area contributed by atoms with Crippen molar-refractivity contribution in [2.45, 2.75) is 0 Å². The second kappa shape index (κ2) is 8.18. The Morgan fingerprint density at radius 2 is 1.50 bits per heavy atom. The molecule has 0 fully saturated rings. The van der Waals surface area contributed by atoms with Crippen LogP contribution in [0.15, 0.2) is 72.9 Å². The third-order valence-corrected chi connectivity index (χ3v) is 5.07. The van der Waals surface area contributed by atoms with Gasteiger partial charge in [0.2, 0.25) is 0 Å². The summed E-state index contributed by atoms with van der Waals surface area (Å²) in [6.45, 7) is 0. The van der Waals surface area contributed by atoms with E-state index in [-0.39, 0.29) is 11.5 Å². The zero-order valence-electron chi connectivity index (χ0n) is 15.4. The number of primary amides is 1. The van der Waals surface area contributed by atoms with Crippen LogP contribution in [0.5, 0.6) is 0 Å². The fourth-order valence-corrected chi connectivity index (χ4v) is 3.58. The van der Waals surface area contributed by atoms with Crippen molar-refractivity contribution < 1.29 is 9.18 Å². The number of carbonyl (C=O) groups excluding carboxylic acids is 1. The Bertz CT molecular complexity index is 1200. The predicted octanol–water partition coefficient (Wildman–Crippen LogP) is 5.83. The molecule has 3 aromatic carbocycles. The van der Waals surface area contributed by atoms with Crippen LogP contribution in [0.3, 0.4) is 0 Å². The van der Waals surface area contributed by atoms with Gasteiger partial charge in [0.05, 0.1) is 21.9 Å². The maximum Gasteiger partial charge on any atom is 0.271 e. The van der Waals surface area contributed by atoms with Gasteiger partial charge < -0.3 is 11.1 Å². The topological polar surface area (TPSA) is 72.9 Å². The molecule has 0 unspecified atom stereocenters. The molecule has 4 rings (SSSR count). The van der Waals surface area contributed by atoms with E-state index in [4.69, 9.17) is 28.9 Å². The van der Waals surface area contributed by atoms with Crippen LogP contribution < -0.4 is 11.1 Å². The molecule has 0 radical (unpaired) electrons. The van der Waals surface area contributed by atoms with Crippen LogP contribution in [-0.2, 0) is 0 Å². The van der Waals surface area contributed by atoms with Gasteiger partial charge in [-0.25, -0.2) is 9.07 Å². The Kier molecular flexibility index (Phi) is 5.44. The van der Waals surface area contributed by atoms with Gasteiger partial charge in [0.15, 0.2) is 5.69 Å². The summed E-state index contributed by atoms with van der Waals surface area (Å²) >= 11 is 12.5. The molecule has 0 aliphatic carbocycles. The molecule has 3 N–H and O–H groups in total. The number of rotatable bonds is 5. The summed E-state index contributed by atoms with van der Waals surface area (Å²) in [6, 6.07) is 18.8. The molecule has 0 saturated heterocycles. The van der Waals surface area contributed by atoms with E-state index in [9.17, 15) is 9.18 Å². The van der Waals surface area contributed by atoms with E-state index in [1.165, 1.54) is 16.8 Å². The van der Waals surface area contributed by atoms with E-state index >= 15 is 0 Å². The lowest BCUT2D eigenvalue weighted by Crippen LogP contribution is -2.14. The summed E-state index contributed by atoms with van der Waals surface area (Å²) in [6.07, 6.45) is 1.60. The van der Waals surface area contributed by atoms with Gasteiger partial charge in [-0.3, -0.25) is 4.79 Å². The van der Waals surface area contributed by atoms with Gasteiger partial charge in [-0.1, -0.05) is 53.5 Å². The first-order valence-corrected chi connectivity index (χ1v) is 9.65. The second-order valence-electron chi connectivity index (χ2n) is 6.48. The number of nitrogens with one attached hydrogen (secondary N) is 1. The van der Waals surface area contributed by atoms with Gasteiger partial charge in [-0.2, -0.15) is 5.10 Å². The molecule has 1 aromatic heterocycles. The lowest BCUT2D eigenvalue weighted by molar-refractivity contribution is 0.0996. The molecule has 0 atom stereocenters. The third kappa shape index (κ3) is 4.01. The van der Waals surface area contributed by atoms with Crippen molar-refractivity contribution in [3.05, 3.63) is 94.5 Å². The first-order chi connectivity index (χ1) is 14.4. The van der Waals surface area contributed by atoms with Gasteiger partial charge in [0, 0.05) is 5.69 Å². The van der Waals surface area contributed by atoms with Crippen molar-refractivity contribution >= 4 is 40.5 Å². The molecular weight excluding hydrogens is 426 g/mol. The van der Waals surface area contributed by atoms with Gasteiger partial charge >= 0.3 is 0 Å². The highest BCUT2D eigenvalue weighted by Gasteiger charge is 2.18. The van der Waals surface area contributed by atoms with E-state index < -0.39 is 5.91 Å². The number of nitrogens with zero attached hydrogens (tertiary/aromatic N) is 2. The Morgan fingerprint density at radius 1 is 0.933 bits per heavy atom. The van der Waals surface area contributed by atoms with E-state index in [1.54, 1.807) is 36.5 Å². The van der Waals surface area contributed by atoms with Crippen LogP contribution in [0, 0.1) is 5.82 Å². The summed E-state index contributed by atoms with van der Waals surface area (Å²) < 4.78 is 14.5. The fourth-order valence-electron chi connectivity index (χ4n) is 3.01. The summed E-state index contributed by atoms with van der Waals surface area (Å²) in [5.74, 6) is -0.978. The van der Waals surface area contributed by atoms with Crippen LogP contribution in [0.4, 0.5) is 15.8 Å². The molecule has 8 heteroatoms. The van der Waals surface area contributed by atoms with Crippen molar-refractivity contribution in [1.29, 1.82) is 0 Å². The zero-order chi connectivity index (χ0) is 21.3. The first kappa shape index (κ1) is 19.9. The van der Waals surface area contributed by atoms with E-state index in [1.807, 2.05) is 24.3 Å². The Labute approximate surface area is 181 Å². The third-order valence-electron chi connectivity index (χ3n) is 4.46. The molecule has 0 saturated carbocycles. The largest absolute Gasteiger partial charge is 0.364 e. The average Bonchev–Trinajstić information content (AvgIpc) is 3.13. The first-order valence-electron chi connectivity index (χ1n) is 8.89. The van der Waals surface area contributed by atoms with E-state index in [0.29, 0.717) is 27.1 Å². The minimum atomic E-state index is -0.692. The molecule has 0 aliphatic rings. The van der Waals surface area contributed by atoms with Crippen LogP contribution in [0.25, 0.3) is 16.8 Å². The predicted molar refractivity (Wildman–Crippen MR) is 117 cm³/mol. The molecule has 30 heavy (non-hydrogen) atoms. The summed E-state index contributed by atoms with van der Waals surface area (Å²) in [7, 11) is 0. The number of hydrogen-bond donors (Lipinski definition) is 2. The molecule has 4 aromatic rings. The lowest BCUT2D eigenvalue weighted by Gasteiger charge is -2.07. The maximum atomic E-state index is 13.1. The Morgan fingerprint density at radius 3 is 2.07 bits per heavy atom. The summed E-state index contributed by atoms with van der Waals surface area (Å²) in [5.41, 5.74) is 8.94. The molecule has 1 heterocycles. The number of anilines is 2. The number of para-hydroxylation sites is 1. The number of aromatic nitrogens is 2. The molecule has 5 nitrogen and oxygen atoms in total. The zero-order valence-corrected chi connectivity index (χ0v) is 17.0. The standard InChI is InChI=1S/C22H15Cl2FN4O/c23-17-2-1-3-18(24)21(17)29-12-19(20(28-29)22(26)30)27-16-10-6-14(7-11-16)13-4-8-15(25)9-5-13/h1-12,27H,(H2,26,30). The Hall–Kier alpha value is -3.35. The lowest BCUT2D eigenvalue weighted by atomic mass is 10.1. The molecule has 150 valence electrons. The van der Waals surface area contributed by atoms with E-state index in [2.05, 4.69) is 10.4 Å². The van der Waals surface area contributed by atoms with Crippen LogP contribution in [0.1, 0.15) is 10.5 Å². The maximum absolute atomic E-state index is 13.1. The number of halogens is 3. The van der Waals surface area contributed by atoms with Crippen LogP contribution >= 0.6 is 23.2 Å². The number of hydrogen-bond acceptors (Lipinski definition) is 3. The number of benzene rings is 3. The Balaban J connectivity index is 1.65. The van der Waals surface area contributed by atoms with Crippen molar-refractivity contribution in [3.8, 4) is 16.8 Å². The van der Waals surface area contributed by atoms with Gasteiger partial charge in [0.1, 0.15) is 11.5 Å². The van der Waals surface area contributed by atoms with Crippen LogP contribution in [0.2, 0.25) is 10.0 Å². The van der Waals surface area contributed by atoms with Crippen LogP contribution in [-0.4, -0.2) is 15.7 Å². The molecule has 0 bridgehead atoms. The monoisotopic (exact) mass is 440 g/mol. The average molecular weight is 441 g/mol. The molecule has 0 aliphatic heterocycles. The van der Waals surface area contributed by atoms with Crippen molar-refractivity contribution in [3.63, 3.8) is 0 Å². The van der Waals surface area contributed by atoms with Gasteiger partial charge in [0.25, 0.3) is 5.91 Å². The smallest absolute Gasteiger partial charge is 0.271 e. The SMILES string of the molecule is NC(=O)c1nn(-c2c(Cl)cccc2Cl)cc1Nc1ccc(-c2ccc(F)cc2)cc1. The minimum Gasteiger partial charge on any atom is -0.364 e. The van der Waals surface area contributed by atoms with Crippen molar-refractivity contribution in [2.24, 2.45) is 5.73 Å². The molecular formula is C22H15Cl2FN4O. The van der Waals surface area contributed by atoms with Crippen molar-refractivity contribution in [1.82, 2.24) is 9.78 Å². The van der Waals surface area contributed by atoms with Gasteiger partial charge in [-0.05, 0) is 47.5 Å². The normalized spacial score (nSPS) is 10.8. The number of carbonyl (C=O) groups is 1. The van der Waals surface area contributed by atoms with E-state index in [0.717, 1.165) is 11.1 Å². The number of amides is 1. The summed E-state index contributed by atoms with van der Waals surface area (Å²) in [5, 5.41) is 8.16. The minimum absolute atomic E-state index is 0.0496. The quantitative estimate of drug-likeness (QED) is 0.410. The highest BCUT2D eigenvalue weighted by Crippen LogP contribution is 2.31. The number of nitrogens with two attached hydrogens (primary N) is 1. The van der Waals surface area contributed by atoms with Crippen molar-refractivity contribution in [2.75, 3.05) is 5.32 Å². The summed E-state index contributed by atoms with van der Waals surface area (Å²) in [4.78, 5) is 11.9. The second-order valence-corrected chi connectivity index (χ2v) is 7.29. The fraction of sp³-hybridized carbons (Fsp3) is 0. The highest BCUT2D eigenvalue weighted by molar-refractivity contribution is 6.37. The highest BCUT2D eigenvalue weighted by atomic mass is 35.5. The molecule has 1 amide bonds. The molecule has 0 spiro atoms.